The summed E-state index contributed by atoms with van der Waals surface area (Å²) in [6.07, 6.45) is 11.9. The highest BCUT2D eigenvalue weighted by Crippen LogP contribution is 2.28. The van der Waals surface area contributed by atoms with E-state index in [0.29, 0.717) is 0 Å². The van der Waals surface area contributed by atoms with E-state index in [1.807, 2.05) is 0 Å². The fourth-order valence-corrected chi connectivity index (χ4v) is 3.66. The fraction of sp³-hybridized carbons (Fsp3) is 1.00. The quantitative estimate of drug-likeness (QED) is 0.695. The third kappa shape index (κ3) is 3.45. The van der Waals surface area contributed by atoms with E-state index in [0.717, 1.165) is 12.0 Å². The van der Waals surface area contributed by atoms with E-state index in [-0.39, 0.29) is 0 Å². The van der Waals surface area contributed by atoms with Crippen LogP contribution in [0.5, 0.6) is 0 Å². The number of nitrogens with zero attached hydrogens (tertiary/aromatic N) is 2. The third-order valence-electron chi connectivity index (χ3n) is 4.96. The average molecular weight is 236 g/mol. The Balaban J connectivity index is 1.40. The minimum Gasteiger partial charge on any atom is -0.301 e. The second-order valence-electron chi connectivity index (χ2n) is 6.43. The molecule has 0 unspecified atom stereocenters. The third-order valence-corrected chi connectivity index (χ3v) is 4.96. The van der Waals surface area contributed by atoms with E-state index in [1.54, 1.807) is 0 Å². The first kappa shape index (κ1) is 12.0. The van der Waals surface area contributed by atoms with Crippen molar-refractivity contribution in [1.82, 2.24) is 9.80 Å². The standard InChI is InChI=1S/C15H28N2/c1-2-4-6-14(5-3-1)13-16-9-11-17(12-10-16)15-7-8-15/h14-15H,1-13H2. The Hall–Kier alpha value is -0.0800. The van der Waals surface area contributed by atoms with Gasteiger partial charge in [0.15, 0.2) is 0 Å². The summed E-state index contributed by atoms with van der Waals surface area (Å²) in [5.74, 6) is 1.02. The molecule has 0 aromatic heterocycles. The molecule has 3 aliphatic rings. The van der Waals surface area contributed by atoms with Gasteiger partial charge in [-0.25, -0.2) is 0 Å². The molecule has 0 bridgehead atoms. The molecule has 0 atom stereocenters. The molecule has 0 radical (unpaired) electrons. The SMILES string of the molecule is C1CCCC(CN2CCN(C3CC3)CC2)CC1. The van der Waals surface area contributed by atoms with Crippen molar-refractivity contribution in [2.75, 3.05) is 32.7 Å². The van der Waals surface area contributed by atoms with Crippen molar-refractivity contribution in [3.63, 3.8) is 0 Å². The van der Waals surface area contributed by atoms with Crippen LogP contribution in [0.25, 0.3) is 0 Å². The molecule has 2 heteroatoms. The first-order chi connectivity index (χ1) is 8.42. The number of rotatable bonds is 3. The van der Waals surface area contributed by atoms with Crippen molar-refractivity contribution >= 4 is 0 Å². The predicted molar refractivity (Wildman–Crippen MR) is 72.2 cm³/mol. The summed E-state index contributed by atoms with van der Waals surface area (Å²) in [5.41, 5.74) is 0. The van der Waals surface area contributed by atoms with Gasteiger partial charge in [0.2, 0.25) is 0 Å². The molecule has 3 fully saturated rings. The zero-order valence-electron chi connectivity index (χ0n) is 11.2. The van der Waals surface area contributed by atoms with Gasteiger partial charge in [0, 0.05) is 38.8 Å². The second kappa shape index (κ2) is 5.71. The zero-order valence-corrected chi connectivity index (χ0v) is 11.2. The monoisotopic (exact) mass is 236 g/mol. The molecule has 3 rings (SSSR count). The maximum atomic E-state index is 2.74. The van der Waals surface area contributed by atoms with Gasteiger partial charge in [-0.2, -0.15) is 0 Å². The van der Waals surface area contributed by atoms with E-state index >= 15 is 0 Å². The number of piperazine rings is 1. The topological polar surface area (TPSA) is 6.48 Å². The van der Waals surface area contributed by atoms with E-state index < -0.39 is 0 Å². The Kier molecular flexibility index (Phi) is 4.02. The van der Waals surface area contributed by atoms with E-state index in [1.165, 1.54) is 84.1 Å². The number of hydrogen-bond donors (Lipinski definition) is 0. The summed E-state index contributed by atoms with van der Waals surface area (Å²) < 4.78 is 0. The lowest BCUT2D eigenvalue weighted by Gasteiger charge is -2.36. The largest absolute Gasteiger partial charge is 0.301 e. The van der Waals surface area contributed by atoms with Crippen molar-refractivity contribution in [1.29, 1.82) is 0 Å². The molecule has 0 aromatic carbocycles. The van der Waals surface area contributed by atoms with Crippen LogP contribution in [0.2, 0.25) is 0 Å². The molecule has 0 amide bonds. The van der Waals surface area contributed by atoms with Gasteiger partial charge in [-0.1, -0.05) is 25.7 Å². The van der Waals surface area contributed by atoms with Gasteiger partial charge in [-0.15, -0.1) is 0 Å². The van der Waals surface area contributed by atoms with Crippen LogP contribution in [0.4, 0.5) is 0 Å². The van der Waals surface area contributed by atoms with Crippen molar-refractivity contribution in [2.45, 2.75) is 57.4 Å². The summed E-state index contributed by atoms with van der Waals surface area (Å²) in [6, 6.07) is 0.982. The Morgan fingerprint density at radius 1 is 0.706 bits per heavy atom. The van der Waals surface area contributed by atoms with Crippen molar-refractivity contribution in [3.05, 3.63) is 0 Å². The maximum absolute atomic E-state index is 2.74. The number of hydrogen-bond acceptors (Lipinski definition) is 2. The lowest BCUT2D eigenvalue weighted by molar-refractivity contribution is 0.109. The molecule has 0 N–H and O–H groups in total. The summed E-state index contributed by atoms with van der Waals surface area (Å²) in [7, 11) is 0. The van der Waals surface area contributed by atoms with Gasteiger partial charge in [-0.05, 0) is 31.6 Å². The van der Waals surface area contributed by atoms with Gasteiger partial charge in [0.05, 0.1) is 0 Å². The van der Waals surface area contributed by atoms with Crippen LogP contribution in [0, 0.1) is 5.92 Å². The molecule has 0 aromatic rings. The smallest absolute Gasteiger partial charge is 0.0113 e. The van der Waals surface area contributed by atoms with Gasteiger partial charge < -0.3 is 4.90 Å². The minimum atomic E-state index is 0.982. The molecule has 98 valence electrons. The van der Waals surface area contributed by atoms with Gasteiger partial charge in [-0.3, -0.25) is 4.90 Å². The molecule has 2 nitrogen and oxygen atoms in total. The van der Waals surface area contributed by atoms with E-state index in [4.69, 9.17) is 0 Å². The predicted octanol–water partition coefficient (Wildman–Crippen LogP) is 2.74. The van der Waals surface area contributed by atoms with Gasteiger partial charge >= 0.3 is 0 Å². The van der Waals surface area contributed by atoms with Crippen LogP contribution in [0.1, 0.15) is 51.4 Å². The van der Waals surface area contributed by atoms with Crippen molar-refractivity contribution in [3.8, 4) is 0 Å². The lowest BCUT2D eigenvalue weighted by Crippen LogP contribution is -2.48. The van der Waals surface area contributed by atoms with Crippen LogP contribution in [0.3, 0.4) is 0 Å². The van der Waals surface area contributed by atoms with E-state index in [9.17, 15) is 0 Å². The molecule has 2 aliphatic carbocycles. The lowest BCUT2D eigenvalue weighted by atomic mass is 9.99. The first-order valence-corrected chi connectivity index (χ1v) is 7.88. The highest BCUT2D eigenvalue weighted by molar-refractivity contribution is 4.87. The van der Waals surface area contributed by atoms with Crippen LogP contribution >= 0.6 is 0 Å². The Labute approximate surface area is 106 Å². The van der Waals surface area contributed by atoms with Crippen molar-refractivity contribution in [2.24, 2.45) is 5.92 Å². The highest BCUT2D eigenvalue weighted by atomic mass is 15.3. The summed E-state index contributed by atoms with van der Waals surface area (Å²) in [5, 5.41) is 0. The van der Waals surface area contributed by atoms with Crippen LogP contribution in [0.15, 0.2) is 0 Å². The Morgan fingerprint density at radius 3 is 1.94 bits per heavy atom. The zero-order chi connectivity index (χ0) is 11.5. The Bertz CT molecular complexity index is 221. The molecule has 17 heavy (non-hydrogen) atoms. The average Bonchev–Trinajstić information content (AvgIpc) is 3.17. The molecule has 2 saturated carbocycles. The summed E-state index contributed by atoms with van der Waals surface area (Å²) in [6.45, 7) is 6.77. The minimum absolute atomic E-state index is 0.982. The second-order valence-corrected chi connectivity index (χ2v) is 6.43. The molecule has 1 aliphatic heterocycles. The maximum Gasteiger partial charge on any atom is 0.0113 e. The molecule has 1 saturated heterocycles. The van der Waals surface area contributed by atoms with Crippen LogP contribution < -0.4 is 0 Å². The van der Waals surface area contributed by atoms with Crippen LogP contribution in [-0.2, 0) is 0 Å². The summed E-state index contributed by atoms with van der Waals surface area (Å²) in [4.78, 5) is 5.47. The molecule has 1 heterocycles. The fourth-order valence-electron chi connectivity index (χ4n) is 3.66. The van der Waals surface area contributed by atoms with E-state index in [2.05, 4.69) is 9.80 Å². The highest BCUT2D eigenvalue weighted by Gasteiger charge is 2.31. The molecular weight excluding hydrogens is 208 g/mol. The molecular formula is C15H28N2. The van der Waals surface area contributed by atoms with Gasteiger partial charge in [0.1, 0.15) is 0 Å². The first-order valence-electron chi connectivity index (χ1n) is 7.88. The van der Waals surface area contributed by atoms with Crippen LogP contribution in [-0.4, -0.2) is 48.6 Å². The van der Waals surface area contributed by atoms with Gasteiger partial charge in [0.25, 0.3) is 0 Å². The normalized spacial score (nSPS) is 30.4. The molecule has 0 spiro atoms. The van der Waals surface area contributed by atoms with Crippen molar-refractivity contribution < 1.29 is 0 Å². The Morgan fingerprint density at radius 2 is 1.35 bits per heavy atom. The summed E-state index contributed by atoms with van der Waals surface area (Å²) >= 11 is 0.